The van der Waals surface area contributed by atoms with E-state index in [1.54, 1.807) is 24.3 Å². The quantitative estimate of drug-likeness (QED) is 0.615. The molecular formula is C18H19ClN2O2. The largest absolute Gasteiger partial charge is 0.482 e. The summed E-state index contributed by atoms with van der Waals surface area (Å²) in [5.74, 6) is 0.152. The topological polar surface area (TPSA) is 50.7 Å². The minimum absolute atomic E-state index is 0.137. The van der Waals surface area contributed by atoms with Gasteiger partial charge in [-0.25, -0.2) is 5.43 Å². The zero-order valence-electron chi connectivity index (χ0n) is 13.0. The van der Waals surface area contributed by atoms with Crippen LogP contribution in [0.5, 0.6) is 5.75 Å². The summed E-state index contributed by atoms with van der Waals surface area (Å²) in [4.78, 5) is 11.9. The zero-order valence-corrected chi connectivity index (χ0v) is 13.7. The van der Waals surface area contributed by atoms with Crippen molar-refractivity contribution in [3.05, 3.63) is 65.2 Å². The molecule has 0 atom stereocenters. The second-order valence-corrected chi connectivity index (χ2v) is 5.34. The van der Waals surface area contributed by atoms with E-state index in [9.17, 15) is 4.79 Å². The number of hydrogen-bond donors (Lipinski definition) is 1. The highest BCUT2D eigenvalue weighted by Crippen LogP contribution is 2.22. The Labute approximate surface area is 141 Å². The molecule has 0 aliphatic heterocycles. The van der Waals surface area contributed by atoms with Crippen LogP contribution < -0.4 is 10.2 Å². The third-order valence-electron chi connectivity index (χ3n) is 3.10. The maximum atomic E-state index is 11.9. The van der Waals surface area contributed by atoms with Gasteiger partial charge in [0, 0.05) is 0 Å². The molecule has 0 bridgehead atoms. The Morgan fingerprint density at radius 1 is 1.13 bits per heavy atom. The van der Waals surface area contributed by atoms with Crippen LogP contribution in [0.25, 0.3) is 0 Å². The van der Waals surface area contributed by atoms with Gasteiger partial charge < -0.3 is 4.74 Å². The normalized spacial score (nSPS) is 11.1. The van der Waals surface area contributed by atoms with Crippen LogP contribution in [0.15, 0.2) is 59.7 Å². The first-order valence-electron chi connectivity index (χ1n) is 7.49. The molecule has 2 rings (SSSR count). The number of hydrogen-bond acceptors (Lipinski definition) is 3. The van der Waals surface area contributed by atoms with Crippen LogP contribution in [-0.4, -0.2) is 18.2 Å². The maximum Gasteiger partial charge on any atom is 0.277 e. The molecule has 0 spiro atoms. The van der Waals surface area contributed by atoms with E-state index < -0.39 is 0 Å². The summed E-state index contributed by atoms with van der Waals surface area (Å²) in [6.07, 6.45) is 1.73. The zero-order chi connectivity index (χ0) is 16.5. The fourth-order valence-electron chi connectivity index (χ4n) is 2.00. The molecule has 0 fully saturated rings. The number of nitrogens with zero attached hydrogens (tertiary/aromatic N) is 1. The lowest BCUT2D eigenvalue weighted by molar-refractivity contribution is -0.123. The van der Waals surface area contributed by atoms with Gasteiger partial charge in [0.25, 0.3) is 5.91 Å². The molecule has 23 heavy (non-hydrogen) atoms. The summed E-state index contributed by atoms with van der Waals surface area (Å²) in [7, 11) is 0. The summed E-state index contributed by atoms with van der Waals surface area (Å²) in [6.45, 7) is 1.93. The van der Waals surface area contributed by atoms with Gasteiger partial charge in [-0.1, -0.05) is 67.4 Å². The van der Waals surface area contributed by atoms with Crippen molar-refractivity contribution in [3.63, 3.8) is 0 Å². The highest BCUT2D eigenvalue weighted by molar-refractivity contribution is 6.32. The van der Waals surface area contributed by atoms with Gasteiger partial charge >= 0.3 is 0 Å². The van der Waals surface area contributed by atoms with Crippen LogP contribution in [0.3, 0.4) is 0 Å². The van der Waals surface area contributed by atoms with E-state index in [2.05, 4.69) is 17.5 Å². The molecule has 0 aliphatic carbocycles. The van der Waals surface area contributed by atoms with Crippen molar-refractivity contribution in [2.75, 3.05) is 6.61 Å². The van der Waals surface area contributed by atoms with E-state index in [1.165, 1.54) is 0 Å². The molecule has 1 amide bonds. The Hall–Kier alpha value is -2.33. The highest BCUT2D eigenvalue weighted by atomic mass is 35.5. The van der Waals surface area contributed by atoms with Gasteiger partial charge in [0.15, 0.2) is 6.61 Å². The van der Waals surface area contributed by atoms with E-state index >= 15 is 0 Å². The molecule has 1 N–H and O–H groups in total. The third kappa shape index (κ3) is 5.42. The Kier molecular flexibility index (Phi) is 6.63. The molecular weight excluding hydrogens is 312 g/mol. The molecule has 5 heteroatoms. The van der Waals surface area contributed by atoms with Crippen molar-refractivity contribution in [1.82, 2.24) is 5.43 Å². The fourth-order valence-corrected chi connectivity index (χ4v) is 2.19. The van der Waals surface area contributed by atoms with Gasteiger partial charge in [-0.05, 0) is 24.1 Å². The minimum atomic E-state index is -0.325. The van der Waals surface area contributed by atoms with Crippen LogP contribution >= 0.6 is 11.6 Å². The molecule has 4 nitrogen and oxygen atoms in total. The molecule has 0 heterocycles. The average Bonchev–Trinajstić information content (AvgIpc) is 2.58. The van der Waals surface area contributed by atoms with Gasteiger partial charge in [0.1, 0.15) is 5.75 Å². The lowest BCUT2D eigenvalue weighted by Crippen LogP contribution is -2.26. The van der Waals surface area contributed by atoms with E-state index in [4.69, 9.17) is 16.3 Å². The van der Waals surface area contributed by atoms with Crippen LogP contribution in [0.2, 0.25) is 5.02 Å². The maximum absolute atomic E-state index is 11.9. The molecule has 0 unspecified atom stereocenters. The Bertz CT molecular complexity index is 672. The number of para-hydroxylation sites is 1. The highest BCUT2D eigenvalue weighted by Gasteiger charge is 2.06. The van der Waals surface area contributed by atoms with Crippen molar-refractivity contribution in [2.45, 2.75) is 19.8 Å². The summed E-state index contributed by atoms with van der Waals surface area (Å²) in [6, 6.07) is 16.8. The summed E-state index contributed by atoms with van der Waals surface area (Å²) >= 11 is 5.97. The van der Waals surface area contributed by atoms with Crippen molar-refractivity contribution >= 4 is 23.2 Å². The number of benzene rings is 2. The molecule has 2 aromatic carbocycles. The summed E-state index contributed by atoms with van der Waals surface area (Å²) in [5, 5.41) is 4.69. The monoisotopic (exact) mass is 330 g/mol. The number of amides is 1. The number of rotatable bonds is 7. The molecule has 2 aromatic rings. The number of carbonyl (C=O) groups is 1. The van der Waals surface area contributed by atoms with Crippen LogP contribution in [0.1, 0.15) is 25.3 Å². The SMILES string of the molecule is CCCC(=NNC(=O)COc1ccccc1Cl)c1ccccc1. The lowest BCUT2D eigenvalue weighted by Gasteiger charge is -2.08. The smallest absolute Gasteiger partial charge is 0.277 e. The first kappa shape index (κ1) is 17.0. The molecule has 0 saturated heterocycles. The second kappa shape index (κ2) is 8.96. The van der Waals surface area contributed by atoms with Crippen LogP contribution in [0.4, 0.5) is 0 Å². The molecule has 0 aromatic heterocycles. The van der Waals surface area contributed by atoms with Gasteiger partial charge in [0.2, 0.25) is 0 Å². The van der Waals surface area contributed by atoms with Gasteiger partial charge in [0.05, 0.1) is 10.7 Å². The number of hydrazone groups is 1. The Balaban J connectivity index is 1.94. The number of carbonyl (C=O) groups excluding carboxylic acids is 1. The van der Waals surface area contributed by atoms with Crippen molar-refractivity contribution in [3.8, 4) is 5.75 Å². The average molecular weight is 331 g/mol. The van der Waals surface area contributed by atoms with Crippen molar-refractivity contribution < 1.29 is 9.53 Å². The molecule has 120 valence electrons. The van der Waals surface area contributed by atoms with Crippen molar-refractivity contribution in [2.24, 2.45) is 5.10 Å². The Morgan fingerprint density at radius 2 is 1.83 bits per heavy atom. The molecule has 0 radical (unpaired) electrons. The summed E-state index contributed by atoms with van der Waals surface area (Å²) < 4.78 is 5.38. The van der Waals surface area contributed by atoms with E-state index in [1.807, 2.05) is 30.3 Å². The molecule has 0 saturated carbocycles. The van der Waals surface area contributed by atoms with Crippen LogP contribution in [0, 0.1) is 0 Å². The Morgan fingerprint density at radius 3 is 2.52 bits per heavy atom. The van der Waals surface area contributed by atoms with E-state index in [0.717, 1.165) is 24.1 Å². The first-order chi connectivity index (χ1) is 11.2. The van der Waals surface area contributed by atoms with E-state index in [-0.39, 0.29) is 12.5 Å². The first-order valence-corrected chi connectivity index (χ1v) is 7.86. The predicted octanol–water partition coefficient (Wildman–Crippen LogP) is 4.04. The van der Waals surface area contributed by atoms with Gasteiger partial charge in [-0.15, -0.1) is 0 Å². The summed E-state index contributed by atoms with van der Waals surface area (Å²) in [5.41, 5.74) is 4.38. The standard InChI is InChI=1S/C18H19ClN2O2/c1-2-8-16(14-9-4-3-5-10-14)20-21-18(22)13-23-17-12-7-6-11-15(17)19/h3-7,9-12H,2,8,13H2,1H3,(H,21,22). The number of halogens is 1. The third-order valence-corrected chi connectivity index (χ3v) is 3.42. The van der Waals surface area contributed by atoms with Gasteiger partial charge in [-0.2, -0.15) is 5.10 Å². The minimum Gasteiger partial charge on any atom is -0.482 e. The second-order valence-electron chi connectivity index (χ2n) is 4.93. The lowest BCUT2D eigenvalue weighted by atomic mass is 10.1. The van der Waals surface area contributed by atoms with Crippen molar-refractivity contribution in [1.29, 1.82) is 0 Å². The fraction of sp³-hybridized carbons (Fsp3) is 0.222. The number of nitrogens with one attached hydrogen (secondary N) is 1. The van der Waals surface area contributed by atoms with Gasteiger partial charge in [-0.3, -0.25) is 4.79 Å². The van der Waals surface area contributed by atoms with Crippen LogP contribution in [-0.2, 0) is 4.79 Å². The predicted molar refractivity (Wildman–Crippen MR) is 93.0 cm³/mol. The number of ether oxygens (including phenoxy) is 1. The molecule has 0 aliphatic rings. The van der Waals surface area contributed by atoms with E-state index in [0.29, 0.717) is 10.8 Å².